The highest BCUT2D eigenvalue weighted by Crippen LogP contribution is 2.24. The lowest BCUT2D eigenvalue weighted by atomic mass is 10.2. The SMILES string of the molecule is CC(Cn1cccn1)n1c(CCl)nc2cc(I)ccc21. The first-order chi connectivity index (χ1) is 9.69. The standard InChI is InChI=1S/C14H14ClIN4/c1-10(9-19-6-2-5-17-19)20-13-4-3-11(16)7-12(13)18-14(20)8-15/h2-7,10H,8-9H2,1H3. The van der Waals surface area contributed by atoms with Crippen LogP contribution in [0.3, 0.4) is 0 Å². The van der Waals surface area contributed by atoms with Crippen molar-refractivity contribution in [2.24, 2.45) is 0 Å². The average Bonchev–Trinajstić information content (AvgIpc) is 3.04. The maximum atomic E-state index is 6.06. The molecule has 4 nitrogen and oxygen atoms in total. The minimum Gasteiger partial charge on any atom is -0.322 e. The molecule has 2 heterocycles. The van der Waals surface area contributed by atoms with E-state index in [0.717, 1.165) is 23.4 Å². The van der Waals surface area contributed by atoms with Crippen molar-refractivity contribution in [2.75, 3.05) is 0 Å². The molecule has 1 atom stereocenters. The van der Waals surface area contributed by atoms with Crippen molar-refractivity contribution in [3.63, 3.8) is 0 Å². The minimum atomic E-state index is 0.244. The van der Waals surface area contributed by atoms with Crippen molar-refractivity contribution >= 4 is 45.2 Å². The Balaban J connectivity index is 2.04. The van der Waals surface area contributed by atoms with Crippen LogP contribution in [0.5, 0.6) is 0 Å². The molecule has 0 aliphatic heterocycles. The topological polar surface area (TPSA) is 35.6 Å². The summed E-state index contributed by atoms with van der Waals surface area (Å²) in [5.74, 6) is 1.32. The summed E-state index contributed by atoms with van der Waals surface area (Å²) < 4.78 is 5.32. The van der Waals surface area contributed by atoms with Crippen LogP contribution in [-0.2, 0) is 12.4 Å². The Kier molecular flexibility index (Phi) is 3.98. The Bertz CT molecular complexity index is 720. The number of rotatable bonds is 4. The molecule has 0 aliphatic carbocycles. The molecule has 0 spiro atoms. The Hall–Kier alpha value is -1.08. The number of fused-ring (bicyclic) bond motifs is 1. The molecule has 1 aromatic carbocycles. The molecule has 0 saturated heterocycles. The van der Waals surface area contributed by atoms with Crippen LogP contribution < -0.4 is 0 Å². The summed E-state index contributed by atoms with van der Waals surface area (Å²) >= 11 is 8.36. The van der Waals surface area contributed by atoms with Crippen LogP contribution in [0.2, 0.25) is 0 Å². The Morgan fingerprint density at radius 2 is 2.25 bits per heavy atom. The molecule has 104 valence electrons. The molecule has 0 saturated carbocycles. The van der Waals surface area contributed by atoms with Gasteiger partial charge in [0.1, 0.15) is 5.82 Å². The van der Waals surface area contributed by atoms with Crippen molar-refractivity contribution in [1.82, 2.24) is 19.3 Å². The minimum absolute atomic E-state index is 0.244. The van der Waals surface area contributed by atoms with E-state index in [-0.39, 0.29) is 6.04 Å². The smallest absolute Gasteiger partial charge is 0.125 e. The van der Waals surface area contributed by atoms with E-state index < -0.39 is 0 Å². The molecule has 0 N–H and O–H groups in total. The summed E-state index contributed by atoms with van der Waals surface area (Å²) in [6.45, 7) is 2.96. The van der Waals surface area contributed by atoms with Gasteiger partial charge >= 0.3 is 0 Å². The second kappa shape index (κ2) is 5.73. The van der Waals surface area contributed by atoms with Gasteiger partial charge in [0.15, 0.2) is 0 Å². The average molecular weight is 401 g/mol. The second-order valence-electron chi connectivity index (χ2n) is 4.74. The maximum absolute atomic E-state index is 6.06. The first kappa shape index (κ1) is 13.9. The number of nitrogens with zero attached hydrogens (tertiary/aromatic N) is 4. The van der Waals surface area contributed by atoms with Crippen LogP contribution in [0.4, 0.5) is 0 Å². The molecular formula is C14H14ClIN4. The number of hydrogen-bond acceptors (Lipinski definition) is 2. The van der Waals surface area contributed by atoms with Crippen LogP contribution >= 0.6 is 34.2 Å². The molecule has 20 heavy (non-hydrogen) atoms. The van der Waals surface area contributed by atoms with Gasteiger partial charge in [-0.3, -0.25) is 4.68 Å². The van der Waals surface area contributed by atoms with Crippen molar-refractivity contribution in [2.45, 2.75) is 25.4 Å². The zero-order chi connectivity index (χ0) is 14.1. The van der Waals surface area contributed by atoms with Crippen molar-refractivity contribution in [3.8, 4) is 0 Å². The molecule has 2 aromatic heterocycles. The fourth-order valence-electron chi connectivity index (χ4n) is 2.47. The van der Waals surface area contributed by atoms with Crippen molar-refractivity contribution in [1.29, 1.82) is 0 Å². The fraction of sp³-hybridized carbons (Fsp3) is 0.286. The number of aromatic nitrogens is 4. The monoisotopic (exact) mass is 400 g/mol. The van der Waals surface area contributed by atoms with Crippen molar-refractivity contribution < 1.29 is 0 Å². The van der Waals surface area contributed by atoms with E-state index in [4.69, 9.17) is 11.6 Å². The lowest BCUT2D eigenvalue weighted by Crippen LogP contribution is -2.15. The van der Waals surface area contributed by atoms with E-state index in [1.54, 1.807) is 6.20 Å². The summed E-state index contributed by atoms with van der Waals surface area (Å²) in [5.41, 5.74) is 2.13. The summed E-state index contributed by atoms with van der Waals surface area (Å²) in [5, 5.41) is 4.26. The summed E-state index contributed by atoms with van der Waals surface area (Å²) in [6, 6.07) is 8.47. The number of imidazole rings is 1. The normalized spacial score (nSPS) is 12.9. The van der Waals surface area contributed by atoms with Gasteiger partial charge < -0.3 is 4.57 Å². The fourth-order valence-corrected chi connectivity index (χ4v) is 3.13. The second-order valence-corrected chi connectivity index (χ2v) is 6.25. The van der Waals surface area contributed by atoms with E-state index >= 15 is 0 Å². The maximum Gasteiger partial charge on any atom is 0.125 e. The molecule has 0 radical (unpaired) electrons. The molecular weight excluding hydrogens is 387 g/mol. The van der Waals surface area contributed by atoms with Gasteiger partial charge in [-0.25, -0.2) is 4.98 Å². The predicted molar refractivity (Wildman–Crippen MR) is 88.9 cm³/mol. The first-order valence-electron chi connectivity index (χ1n) is 6.39. The van der Waals surface area contributed by atoms with Gasteiger partial charge in [0.25, 0.3) is 0 Å². The lowest BCUT2D eigenvalue weighted by Gasteiger charge is -2.17. The van der Waals surface area contributed by atoms with E-state index in [2.05, 4.69) is 62.4 Å². The van der Waals surface area contributed by atoms with Gasteiger partial charge in [0.05, 0.1) is 29.5 Å². The first-order valence-corrected chi connectivity index (χ1v) is 8.00. The lowest BCUT2D eigenvalue weighted by molar-refractivity contribution is 0.438. The molecule has 3 rings (SSSR count). The number of hydrogen-bond donors (Lipinski definition) is 0. The molecule has 0 bridgehead atoms. The predicted octanol–water partition coefficient (Wildman–Crippen LogP) is 3.84. The quantitative estimate of drug-likeness (QED) is 0.493. The van der Waals surface area contributed by atoms with E-state index in [1.807, 2.05) is 16.9 Å². The molecule has 0 fully saturated rings. The number of halogens is 2. The van der Waals surface area contributed by atoms with Gasteiger partial charge in [-0.05, 0) is 53.8 Å². The molecule has 1 unspecified atom stereocenters. The highest BCUT2D eigenvalue weighted by molar-refractivity contribution is 14.1. The van der Waals surface area contributed by atoms with Gasteiger partial charge in [-0.2, -0.15) is 5.10 Å². The van der Waals surface area contributed by atoms with E-state index in [9.17, 15) is 0 Å². The summed E-state index contributed by atoms with van der Waals surface area (Å²) in [7, 11) is 0. The number of benzene rings is 1. The molecule has 0 aliphatic rings. The van der Waals surface area contributed by atoms with Crippen LogP contribution in [0, 0.1) is 3.57 Å². The third kappa shape index (κ3) is 2.56. The van der Waals surface area contributed by atoms with Crippen LogP contribution in [0.1, 0.15) is 18.8 Å². The number of alkyl halides is 1. The third-order valence-electron chi connectivity index (χ3n) is 3.30. The third-order valence-corrected chi connectivity index (χ3v) is 4.21. The van der Waals surface area contributed by atoms with Crippen LogP contribution in [0.25, 0.3) is 11.0 Å². The highest BCUT2D eigenvalue weighted by Gasteiger charge is 2.16. The van der Waals surface area contributed by atoms with Gasteiger partial charge in [0, 0.05) is 16.0 Å². The van der Waals surface area contributed by atoms with E-state index in [0.29, 0.717) is 5.88 Å². The Morgan fingerprint density at radius 3 is 2.95 bits per heavy atom. The Labute approximate surface area is 135 Å². The van der Waals surface area contributed by atoms with Gasteiger partial charge in [-0.1, -0.05) is 0 Å². The van der Waals surface area contributed by atoms with Crippen LogP contribution in [0.15, 0.2) is 36.7 Å². The highest BCUT2D eigenvalue weighted by atomic mass is 127. The van der Waals surface area contributed by atoms with Crippen molar-refractivity contribution in [3.05, 3.63) is 46.1 Å². The zero-order valence-corrected chi connectivity index (χ0v) is 13.9. The zero-order valence-electron chi connectivity index (χ0n) is 11.0. The summed E-state index contributed by atoms with van der Waals surface area (Å²) in [4.78, 5) is 4.64. The molecule has 3 aromatic rings. The van der Waals surface area contributed by atoms with Gasteiger partial charge in [-0.15, -0.1) is 11.6 Å². The largest absolute Gasteiger partial charge is 0.322 e. The van der Waals surface area contributed by atoms with Gasteiger partial charge in [0.2, 0.25) is 0 Å². The van der Waals surface area contributed by atoms with Crippen LogP contribution in [-0.4, -0.2) is 19.3 Å². The summed E-state index contributed by atoms with van der Waals surface area (Å²) in [6.07, 6.45) is 3.77. The molecule has 6 heteroatoms. The Morgan fingerprint density at radius 1 is 1.40 bits per heavy atom. The van der Waals surface area contributed by atoms with E-state index in [1.165, 1.54) is 3.57 Å². The molecule has 0 amide bonds.